The van der Waals surface area contributed by atoms with Crippen molar-refractivity contribution in [1.29, 1.82) is 0 Å². The van der Waals surface area contributed by atoms with Gasteiger partial charge in [0.2, 0.25) is 0 Å². The van der Waals surface area contributed by atoms with Gasteiger partial charge in [0, 0.05) is 18.9 Å². The van der Waals surface area contributed by atoms with Crippen LogP contribution in [0.15, 0.2) is 41.1 Å². The molecule has 3 heteroatoms. The lowest BCUT2D eigenvalue weighted by molar-refractivity contribution is -0.116. The molecule has 3 nitrogen and oxygen atoms in total. The number of nitrogens with one attached hydrogen (secondary N) is 1. The first-order valence-corrected chi connectivity index (χ1v) is 6.00. The van der Waals surface area contributed by atoms with Gasteiger partial charge < -0.3 is 5.43 Å². The van der Waals surface area contributed by atoms with Crippen LogP contribution < -0.4 is 5.43 Å². The van der Waals surface area contributed by atoms with Crippen LogP contribution in [0.3, 0.4) is 0 Å². The Labute approximate surface area is 102 Å². The molecule has 2 rings (SSSR count). The zero-order valence-corrected chi connectivity index (χ0v) is 10.5. The summed E-state index contributed by atoms with van der Waals surface area (Å²) in [5.74, 6) is 0.416. The zero-order valence-electron chi connectivity index (χ0n) is 10.5. The van der Waals surface area contributed by atoms with Gasteiger partial charge in [0.25, 0.3) is 0 Å². The Balaban J connectivity index is 2.46. The van der Waals surface area contributed by atoms with Crippen LogP contribution >= 0.6 is 0 Å². The van der Waals surface area contributed by atoms with Gasteiger partial charge in [-0.15, -0.1) is 0 Å². The summed E-state index contributed by atoms with van der Waals surface area (Å²) >= 11 is 0. The molecule has 0 aliphatic heterocycles. The number of ketones is 1. The van der Waals surface area contributed by atoms with E-state index in [0.717, 1.165) is 0 Å². The third kappa shape index (κ3) is 2.09. The van der Waals surface area contributed by atoms with E-state index in [-0.39, 0.29) is 17.6 Å². The summed E-state index contributed by atoms with van der Waals surface area (Å²) in [6.07, 6.45) is 10.2. The molecule has 0 aromatic rings. The molecule has 0 saturated heterocycles. The van der Waals surface area contributed by atoms with Gasteiger partial charge in [-0.05, 0) is 11.5 Å². The second-order valence-corrected chi connectivity index (χ2v) is 4.74. The summed E-state index contributed by atoms with van der Waals surface area (Å²) in [6.45, 7) is 4.14. The third-order valence-electron chi connectivity index (χ3n) is 3.23. The summed E-state index contributed by atoms with van der Waals surface area (Å²) in [4.78, 5) is 12.3. The second-order valence-electron chi connectivity index (χ2n) is 4.74. The molecular formula is C14H18N2O. The van der Waals surface area contributed by atoms with E-state index in [9.17, 15) is 4.79 Å². The Kier molecular flexibility index (Phi) is 3.27. The number of nitrogens with zero attached hydrogens (tertiary/aromatic N) is 1. The summed E-state index contributed by atoms with van der Waals surface area (Å²) in [5.41, 5.74) is 4.55. The first-order chi connectivity index (χ1) is 8.15. The molecule has 2 unspecified atom stereocenters. The van der Waals surface area contributed by atoms with Gasteiger partial charge in [-0.3, -0.25) is 4.79 Å². The number of carbonyl (C=O) groups excluding carboxylic acids is 1. The topological polar surface area (TPSA) is 41.5 Å². The van der Waals surface area contributed by atoms with Gasteiger partial charge in [0.1, 0.15) is 5.71 Å². The number of hydrazone groups is 1. The minimum absolute atomic E-state index is 0.0231. The van der Waals surface area contributed by atoms with Gasteiger partial charge in [-0.1, -0.05) is 44.2 Å². The fourth-order valence-electron chi connectivity index (χ4n) is 2.31. The van der Waals surface area contributed by atoms with Crippen LogP contribution in [-0.4, -0.2) is 18.5 Å². The van der Waals surface area contributed by atoms with Crippen LogP contribution in [0, 0.1) is 17.8 Å². The lowest BCUT2D eigenvalue weighted by Crippen LogP contribution is -2.37. The summed E-state index contributed by atoms with van der Waals surface area (Å²) < 4.78 is 0. The van der Waals surface area contributed by atoms with Crippen molar-refractivity contribution in [2.24, 2.45) is 22.9 Å². The zero-order chi connectivity index (χ0) is 12.4. The summed E-state index contributed by atoms with van der Waals surface area (Å²) in [7, 11) is 1.73. The predicted octanol–water partition coefficient (Wildman–Crippen LogP) is 2.09. The molecule has 0 spiro atoms. The maximum Gasteiger partial charge on any atom is 0.186 e. The number of fused-ring (bicyclic) bond motifs is 1. The van der Waals surface area contributed by atoms with Crippen molar-refractivity contribution < 1.29 is 4.79 Å². The van der Waals surface area contributed by atoms with Crippen LogP contribution in [-0.2, 0) is 4.79 Å². The van der Waals surface area contributed by atoms with E-state index in [4.69, 9.17) is 0 Å². The number of allylic oxidation sites excluding steroid dienone is 6. The van der Waals surface area contributed by atoms with E-state index in [0.29, 0.717) is 11.6 Å². The van der Waals surface area contributed by atoms with Crippen LogP contribution in [0.5, 0.6) is 0 Å². The molecule has 90 valence electrons. The average molecular weight is 230 g/mol. The van der Waals surface area contributed by atoms with E-state index >= 15 is 0 Å². The highest BCUT2D eigenvalue weighted by molar-refractivity contribution is 6.43. The van der Waals surface area contributed by atoms with Gasteiger partial charge in [-0.2, -0.15) is 5.10 Å². The van der Waals surface area contributed by atoms with Gasteiger partial charge in [0.15, 0.2) is 5.78 Å². The van der Waals surface area contributed by atoms with Gasteiger partial charge >= 0.3 is 0 Å². The summed E-state index contributed by atoms with van der Waals surface area (Å²) in [5, 5.41) is 4.17. The first kappa shape index (κ1) is 11.8. The monoisotopic (exact) mass is 230 g/mol. The molecule has 0 heterocycles. The minimum Gasteiger partial charge on any atom is -0.313 e. The molecule has 0 saturated carbocycles. The predicted molar refractivity (Wildman–Crippen MR) is 69.7 cm³/mol. The SMILES string of the molecule is CN/N=C1\C(=O)C(C(C)C)C=C2C=CC=CC21. The Bertz CT molecular complexity index is 441. The molecule has 0 aromatic carbocycles. The lowest BCUT2D eigenvalue weighted by Gasteiger charge is -2.29. The molecule has 0 amide bonds. The second kappa shape index (κ2) is 4.70. The molecule has 0 fully saturated rings. The third-order valence-corrected chi connectivity index (χ3v) is 3.23. The van der Waals surface area contributed by atoms with Crippen molar-refractivity contribution >= 4 is 11.5 Å². The van der Waals surface area contributed by atoms with Crippen LogP contribution in [0.4, 0.5) is 0 Å². The van der Waals surface area contributed by atoms with Crippen molar-refractivity contribution in [3.8, 4) is 0 Å². The number of hydrogen-bond donors (Lipinski definition) is 1. The lowest BCUT2D eigenvalue weighted by atomic mass is 9.74. The van der Waals surface area contributed by atoms with Crippen molar-refractivity contribution in [1.82, 2.24) is 5.43 Å². The average Bonchev–Trinajstić information content (AvgIpc) is 2.32. The Morgan fingerprint density at radius 3 is 2.76 bits per heavy atom. The molecule has 1 N–H and O–H groups in total. The Morgan fingerprint density at radius 1 is 1.35 bits per heavy atom. The fraction of sp³-hybridized carbons (Fsp3) is 0.429. The normalized spacial score (nSPS) is 29.5. The maximum absolute atomic E-state index is 12.3. The minimum atomic E-state index is -0.0514. The molecule has 17 heavy (non-hydrogen) atoms. The number of Topliss-reactive ketones (excluding diaryl/α,β-unsaturated/α-hetero) is 1. The molecule has 2 aliphatic rings. The molecule has 2 atom stereocenters. The van der Waals surface area contributed by atoms with E-state index in [2.05, 4.69) is 36.5 Å². The van der Waals surface area contributed by atoms with Crippen molar-refractivity contribution in [3.05, 3.63) is 36.0 Å². The summed E-state index contributed by atoms with van der Waals surface area (Å²) in [6, 6.07) is 0. The largest absolute Gasteiger partial charge is 0.313 e. The maximum atomic E-state index is 12.3. The number of hydrogen-bond acceptors (Lipinski definition) is 3. The van der Waals surface area contributed by atoms with Crippen LogP contribution in [0.25, 0.3) is 0 Å². The van der Waals surface area contributed by atoms with Gasteiger partial charge in [-0.25, -0.2) is 0 Å². The quantitative estimate of drug-likeness (QED) is 0.738. The van der Waals surface area contributed by atoms with Crippen molar-refractivity contribution in [2.75, 3.05) is 7.05 Å². The first-order valence-electron chi connectivity index (χ1n) is 6.00. The number of rotatable bonds is 2. The van der Waals surface area contributed by atoms with Crippen molar-refractivity contribution in [3.63, 3.8) is 0 Å². The molecule has 0 aromatic heterocycles. The highest BCUT2D eigenvalue weighted by atomic mass is 16.1. The number of carbonyl (C=O) groups is 1. The van der Waals surface area contributed by atoms with Gasteiger partial charge in [0.05, 0.1) is 0 Å². The molecule has 0 radical (unpaired) electrons. The Morgan fingerprint density at radius 2 is 2.12 bits per heavy atom. The van der Waals surface area contributed by atoms with E-state index in [1.807, 2.05) is 18.2 Å². The van der Waals surface area contributed by atoms with Crippen LogP contribution in [0.2, 0.25) is 0 Å². The molecule has 2 aliphatic carbocycles. The standard InChI is InChI=1S/C14H18N2O/c1-9(2)12-8-10-6-4-5-7-11(10)13(14(12)17)16-15-3/h4-9,11-12,15H,1-3H3/b16-13-. The van der Waals surface area contributed by atoms with E-state index < -0.39 is 0 Å². The highest BCUT2D eigenvalue weighted by Gasteiger charge is 2.35. The Hall–Kier alpha value is -1.64. The van der Waals surface area contributed by atoms with Crippen molar-refractivity contribution in [2.45, 2.75) is 13.8 Å². The van der Waals surface area contributed by atoms with E-state index in [1.165, 1.54) is 5.57 Å². The molecule has 0 bridgehead atoms. The highest BCUT2D eigenvalue weighted by Crippen LogP contribution is 2.31. The van der Waals surface area contributed by atoms with Crippen LogP contribution in [0.1, 0.15) is 13.8 Å². The smallest absolute Gasteiger partial charge is 0.186 e. The van der Waals surface area contributed by atoms with E-state index in [1.54, 1.807) is 7.05 Å². The fourth-order valence-corrected chi connectivity index (χ4v) is 2.31. The molecular weight excluding hydrogens is 212 g/mol.